The number of hydrogen-bond acceptors (Lipinski definition) is 1. The third kappa shape index (κ3) is 3.42. The largest absolute Gasteiger partial charge is 0.419 e. The molecule has 0 radical (unpaired) electrons. The number of halogens is 7. The topological polar surface area (TPSA) is 17.1 Å². The van der Waals surface area contributed by atoms with Crippen LogP contribution in [-0.4, -0.2) is 5.78 Å². The molecule has 0 saturated heterocycles. The van der Waals surface area contributed by atoms with Crippen molar-refractivity contribution >= 4 is 5.78 Å². The van der Waals surface area contributed by atoms with Crippen LogP contribution in [-0.2, 0) is 12.4 Å². The number of alkyl halides is 6. The molecule has 0 aliphatic carbocycles. The Bertz CT molecular complexity index is 788. The number of Topliss-reactive ketones (excluding diaryl/α,β-unsaturated/α-hetero) is 1. The predicted molar refractivity (Wildman–Crippen MR) is 71.8 cm³/mol. The van der Waals surface area contributed by atoms with E-state index in [1.54, 1.807) is 0 Å². The lowest BCUT2D eigenvalue weighted by atomic mass is 9.95. The summed E-state index contributed by atoms with van der Waals surface area (Å²) in [5.41, 5.74) is -4.59. The van der Waals surface area contributed by atoms with Crippen LogP contribution in [0.2, 0.25) is 0 Å². The first-order valence-corrected chi connectivity index (χ1v) is 6.51. The van der Waals surface area contributed by atoms with Crippen molar-refractivity contribution < 1.29 is 35.5 Å². The Labute approximate surface area is 131 Å². The molecule has 0 atom stereocenters. The van der Waals surface area contributed by atoms with Crippen LogP contribution in [0, 0.1) is 5.82 Å². The highest BCUT2D eigenvalue weighted by Gasteiger charge is 2.37. The van der Waals surface area contributed by atoms with E-state index in [9.17, 15) is 35.5 Å². The van der Waals surface area contributed by atoms with E-state index in [1.165, 1.54) is 0 Å². The standard InChI is InChI=1S/C16H9F7O/c1-8(24)10-6-5-9(7-13(10)16(21,22)23)11-3-2-4-12(14(11)17)15(18,19)20/h2-7H,1H3. The zero-order valence-electron chi connectivity index (χ0n) is 12.0. The Morgan fingerprint density at radius 3 is 1.96 bits per heavy atom. The summed E-state index contributed by atoms with van der Waals surface area (Å²) in [5.74, 6) is -2.54. The lowest BCUT2D eigenvalue weighted by Crippen LogP contribution is -2.12. The molecule has 0 N–H and O–H groups in total. The van der Waals surface area contributed by atoms with Crippen LogP contribution >= 0.6 is 0 Å². The molecule has 8 heteroatoms. The van der Waals surface area contributed by atoms with Crippen molar-refractivity contribution in [2.24, 2.45) is 0 Å². The minimum absolute atomic E-state index is 0.407. The normalized spacial score (nSPS) is 12.3. The van der Waals surface area contributed by atoms with Gasteiger partial charge in [0.25, 0.3) is 0 Å². The van der Waals surface area contributed by atoms with E-state index in [0.717, 1.165) is 31.2 Å². The molecule has 0 unspecified atom stereocenters. The Morgan fingerprint density at radius 2 is 1.46 bits per heavy atom. The molecule has 0 aliphatic rings. The van der Waals surface area contributed by atoms with Crippen molar-refractivity contribution in [2.75, 3.05) is 0 Å². The highest BCUT2D eigenvalue weighted by molar-refractivity contribution is 5.96. The summed E-state index contributed by atoms with van der Waals surface area (Å²) in [4.78, 5) is 11.3. The summed E-state index contributed by atoms with van der Waals surface area (Å²) in [6, 6.07) is 4.59. The first kappa shape index (κ1) is 18.0. The van der Waals surface area contributed by atoms with Crippen LogP contribution in [0.15, 0.2) is 36.4 Å². The van der Waals surface area contributed by atoms with E-state index in [0.29, 0.717) is 12.1 Å². The van der Waals surface area contributed by atoms with Gasteiger partial charge in [-0.05, 0) is 24.6 Å². The maximum absolute atomic E-state index is 14.1. The van der Waals surface area contributed by atoms with Gasteiger partial charge in [0.2, 0.25) is 0 Å². The van der Waals surface area contributed by atoms with Crippen LogP contribution < -0.4 is 0 Å². The van der Waals surface area contributed by atoms with Gasteiger partial charge in [-0.1, -0.05) is 24.3 Å². The zero-order valence-corrected chi connectivity index (χ0v) is 12.0. The molecule has 0 amide bonds. The fourth-order valence-electron chi connectivity index (χ4n) is 2.23. The van der Waals surface area contributed by atoms with Crippen LogP contribution in [0.1, 0.15) is 28.4 Å². The summed E-state index contributed by atoms with van der Waals surface area (Å²) >= 11 is 0. The second-order valence-electron chi connectivity index (χ2n) is 4.98. The average Bonchev–Trinajstić information content (AvgIpc) is 2.44. The maximum atomic E-state index is 14.1. The predicted octanol–water partition coefficient (Wildman–Crippen LogP) is 5.73. The van der Waals surface area contributed by atoms with Gasteiger partial charge in [-0.2, -0.15) is 26.3 Å². The van der Waals surface area contributed by atoms with Crippen molar-refractivity contribution in [1.82, 2.24) is 0 Å². The van der Waals surface area contributed by atoms with Gasteiger partial charge >= 0.3 is 12.4 Å². The van der Waals surface area contributed by atoms with E-state index in [-0.39, 0.29) is 0 Å². The second kappa shape index (κ2) is 5.92. The monoisotopic (exact) mass is 350 g/mol. The third-order valence-electron chi connectivity index (χ3n) is 3.32. The summed E-state index contributed by atoms with van der Waals surface area (Å²) in [7, 11) is 0. The summed E-state index contributed by atoms with van der Waals surface area (Å²) < 4.78 is 91.4. The number of carbonyl (C=O) groups excluding carboxylic acids is 1. The SMILES string of the molecule is CC(=O)c1ccc(-c2cccc(C(F)(F)F)c2F)cc1C(F)(F)F. The van der Waals surface area contributed by atoms with Gasteiger partial charge in [0, 0.05) is 11.1 Å². The molecular formula is C16H9F7O. The molecule has 2 aromatic rings. The van der Waals surface area contributed by atoms with E-state index >= 15 is 0 Å². The van der Waals surface area contributed by atoms with Gasteiger partial charge in [0.1, 0.15) is 5.82 Å². The zero-order chi connectivity index (χ0) is 18.3. The Balaban J connectivity index is 2.69. The molecule has 0 aromatic heterocycles. The molecule has 0 fully saturated rings. The summed E-state index contributed by atoms with van der Waals surface area (Å²) in [6.45, 7) is 0.926. The maximum Gasteiger partial charge on any atom is 0.419 e. The number of benzene rings is 2. The average molecular weight is 350 g/mol. The molecule has 0 saturated carbocycles. The van der Waals surface area contributed by atoms with Crippen molar-refractivity contribution in [3.05, 3.63) is 58.9 Å². The lowest BCUT2D eigenvalue weighted by Gasteiger charge is -2.15. The van der Waals surface area contributed by atoms with Crippen LogP contribution in [0.3, 0.4) is 0 Å². The highest BCUT2D eigenvalue weighted by atomic mass is 19.4. The van der Waals surface area contributed by atoms with Gasteiger partial charge in [-0.3, -0.25) is 4.79 Å². The van der Waals surface area contributed by atoms with Crippen LogP contribution in [0.4, 0.5) is 30.7 Å². The van der Waals surface area contributed by atoms with Gasteiger partial charge in [-0.15, -0.1) is 0 Å². The van der Waals surface area contributed by atoms with Gasteiger partial charge in [0.05, 0.1) is 11.1 Å². The molecule has 2 aromatic carbocycles. The Kier molecular flexibility index (Phi) is 4.43. The number of rotatable bonds is 2. The van der Waals surface area contributed by atoms with Crippen LogP contribution in [0.5, 0.6) is 0 Å². The Morgan fingerprint density at radius 1 is 0.875 bits per heavy atom. The minimum atomic E-state index is -4.98. The number of carbonyl (C=O) groups is 1. The minimum Gasteiger partial charge on any atom is -0.294 e. The first-order chi connectivity index (χ1) is 10.9. The van der Waals surface area contributed by atoms with Gasteiger partial charge in [0.15, 0.2) is 5.78 Å². The molecular weight excluding hydrogens is 341 g/mol. The van der Waals surface area contributed by atoms with E-state index in [4.69, 9.17) is 0 Å². The van der Waals surface area contributed by atoms with E-state index < -0.39 is 51.8 Å². The quantitative estimate of drug-likeness (QED) is 0.499. The van der Waals surface area contributed by atoms with E-state index in [1.807, 2.05) is 0 Å². The van der Waals surface area contributed by atoms with Crippen molar-refractivity contribution in [1.29, 1.82) is 0 Å². The number of ketones is 1. The molecule has 1 nitrogen and oxygen atoms in total. The fraction of sp³-hybridized carbons (Fsp3) is 0.188. The molecule has 0 heterocycles. The lowest BCUT2D eigenvalue weighted by molar-refractivity contribution is -0.140. The van der Waals surface area contributed by atoms with Gasteiger partial charge < -0.3 is 0 Å². The van der Waals surface area contributed by atoms with Crippen molar-refractivity contribution in [2.45, 2.75) is 19.3 Å². The van der Waals surface area contributed by atoms with Crippen LogP contribution in [0.25, 0.3) is 11.1 Å². The van der Waals surface area contributed by atoms with Crippen molar-refractivity contribution in [3.63, 3.8) is 0 Å². The molecule has 24 heavy (non-hydrogen) atoms. The molecule has 0 aliphatic heterocycles. The smallest absolute Gasteiger partial charge is 0.294 e. The molecule has 0 bridgehead atoms. The van der Waals surface area contributed by atoms with Crippen molar-refractivity contribution in [3.8, 4) is 11.1 Å². The third-order valence-corrected chi connectivity index (χ3v) is 3.32. The summed E-state index contributed by atoms with van der Waals surface area (Å²) in [5, 5.41) is 0. The highest BCUT2D eigenvalue weighted by Crippen LogP contribution is 2.38. The number of hydrogen-bond donors (Lipinski definition) is 0. The first-order valence-electron chi connectivity index (χ1n) is 6.51. The second-order valence-corrected chi connectivity index (χ2v) is 4.98. The van der Waals surface area contributed by atoms with Gasteiger partial charge in [-0.25, -0.2) is 4.39 Å². The Hall–Kier alpha value is -2.38. The van der Waals surface area contributed by atoms with E-state index in [2.05, 4.69) is 0 Å². The fourth-order valence-corrected chi connectivity index (χ4v) is 2.23. The summed E-state index contributed by atoms with van der Waals surface area (Å²) in [6.07, 6.45) is -9.89. The molecule has 128 valence electrons. The molecule has 2 rings (SSSR count). The molecule has 0 spiro atoms.